The van der Waals surface area contributed by atoms with Gasteiger partial charge in [0.1, 0.15) is 5.76 Å². The molecule has 0 N–H and O–H groups in total. The van der Waals surface area contributed by atoms with Crippen molar-refractivity contribution in [2.45, 2.75) is 19.8 Å². The normalized spacial score (nSPS) is 14.9. The lowest BCUT2D eigenvalue weighted by molar-refractivity contribution is -0.130. The van der Waals surface area contributed by atoms with Crippen molar-refractivity contribution in [2.75, 3.05) is 21.3 Å². The zero-order valence-electron chi connectivity index (χ0n) is 16.7. The Labute approximate surface area is 165 Å². The number of methoxy groups -OCH3 is 3. The number of esters is 1. The zero-order chi connectivity index (χ0) is 20.3. The van der Waals surface area contributed by atoms with Crippen LogP contribution in [0.15, 0.2) is 48.0 Å². The third kappa shape index (κ3) is 3.88. The number of hydrogen-bond donors (Lipinski definition) is 0. The molecule has 146 valence electrons. The molecule has 0 radical (unpaired) electrons. The van der Waals surface area contributed by atoms with Crippen LogP contribution in [-0.2, 0) is 9.53 Å². The van der Waals surface area contributed by atoms with Gasteiger partial charge in [-0.05, 0) is 41.3 Å². The highest BCUT2D eigenvalue weighted by atomic mass is 16.5. The molecule has 0 atom stereocenters. The summed E-state index contributed by atoms with van der Waals surface area (Å²) in [4.78, 5) is 12.3. The van der Waals surface area contributed by atoms with Crippen LogP contribution in [0.25, 0.3) is 11.8 Å². The molecule has 0 amide bonds. The second-order valence-corrected chi connectivity index (χ2v) is 6.73. The molecule has 0 unspecified atom stereocenters. The SMILES string of the molecule is COc1cc(/C=C2/C=C(c3ccc(C(C)C)cc3)OC2=O)cc(OC)c1OC. The molecule has 1 aliphatic heterocycles. The Morgan fingerprint density at radius 1 is 0.929 bits per heavy atom. The molecule has 5 heteroatoms. The number of carbonyl (C=O) groups is 1. The minimum absolute atomic E-state index is 0.392. The van der Waals surface area contributed by atoms with Crippen molar-refractivity contribution in [3.05, 3.63) is 64.7 Å². The summed E-state index contributed by atoms with van der Waals surface area (Å²) in [6.07, 6.45) is 3.48. The number of cyclic esters (lactones) is 1. The minimum Gasteiger partial charge on any atom is -0.493 e. The molecule has 1 aliphatic rings. The second-order valence-electron chi connectivity index (χ2n) is 6.73. The standard InChI is InChI=1S/C23H24O5/c1-14(2)16-6-8-17(9-7-16)19-13-18(23(24)28-19)10-15-11-20(25-3)22(27-5)21(12-15)26-4/h6-14H,1-5H3/b18-10-. The van der Waals surface area contributed by atoms with Crippen LogP contribution in [0.5, 0.6) is 17.2 Å². The van der Waals surface area contributed by atoms with Crippen LogP contribution < -0.4 is 14.2 Å². The van der Waals surface area contributed by atoms with Gasteiger partial charge in [0, 0.05) is 5.56 Å². The second kappa shape index (κ2) is 8.21. The van der Waals surface area contributed by atoms with Gasteiger partial charge in [-0.1, -0.05) is 38.1 Å². The van der Waals surface area contributed by atoms with Gasteiger partial charge in [0.05, 0.1) is 26.9 Å². The van der Waals surface area contributed by atoms with Crippen LogP contribution in [-0.4, -0.2) is 27.3 Å². The summed E-state index contributed by atoms with van der Waals surface area (Å²) in [5.74, 6) is 2.14. The van der Waals surface area contributed by atoms with Gasteiger partial charge in [0.15, 0.2) is 11.5 Å². The molecule has 0 aromatic heterocycles. The lowest BCUT2D eigenvalue weighted by atomic mass is 10.0. The Morgan fingerprint density at radius 3 is 2.04 bits per heavy atom. The van der Waals surface area contributed by atoms with Gasteiger partial charge in [-0.25, -0.2) is 4.79 Å². The Kier molecular flexibility index (Phi) is 5.73. The van der Waals surface area contributed by atoms with Crippen LogP contribution in [0.1, 0.15) is 36.5 Å². The maximum absolute atomic E-state index is 12.3. The molecule has 5 nitrogen and oxygen atoms in total. The molecular formula is C23H24O5. The Bertz CT molecular complexity index is 911. The van der Waals surface area contributed by atoms with Crippen LogP contribution in [0.3, 0.4) is 0 Å². The van der Waals surface area contributed by atoms with Crippen molar-refractivity contribution in [1.82, 2.24) is 0 Å². The van der Waals surface area contributed by atoms with E-state index in [1.807, 2.05) is 12.1 Å². The third-order valence-corrected chi connectivity index (χ3v) is 4.60. The van der Waals surface area contributed by atoms with Crippen LogP contribution in [0.4, 0.5) is 0 Å². The van der Waals surface area contributed by atoms with E-state index in [9.17, 15) is 4.79 Å². The van der Waals surface area contributed by atoms with E-state index in [1.165, 1.54) is 5.56 Å². The number of benzene rings is 2. The van der Waals surface area contributed by atoms with Gasteiger partial charge in [-0.15, -0.1) is 0 Å². The first-order valence-electron chi connectivity index (χ1n) is 9.02. The number of hydrogen-bond acceptors (Lipinski definition) is 5. The molecule has 0 spiro atoms. The lowest BCUT2D eigenvalue weighted by Gasteiger charge is -2.12. The lowest BCUT2D eigenvalue weighted by Crippen LogP contribution is -1.98. The predicted octanol–water partition coefficient (Wildman–Crippen LogP) is 4.82. The quantitative estimate of drug-likeness (QED) is 0.531. The molecule has 0 saturated carbocycles. The fourth-order valence-corrected chi connectivity index (χ4v) is 3.03. The van der Waals surface area contributed by atoms with E-state index < -0.39 is 5.97 Å². The van der Waals surface area contributed by atoms with Gasteiger partial charge < -0.3 is 18.9 Å². The summed E-state index contributed by atoms with van der Waals surface area (Å²) in [7, 11) is 4.65. The molecule has 1 heterocycles. The van der Waals surface area contributed by atoms with Crippen molar-refractivity contribution in [2.24, 2.45) is 0 Å². The first kappa shape index (κ1) is 19.5. The van der Waals surface area contributed by atoms with Crippen molar-refractivity contribution in [3.8, 4) is 17.2 Å². The van der Waals surface area contributed by atoms with E-state index in [0.717, 1.165) is 11.1 Å². The van der Waals surface area contributed by atoms with Crippen LogP contribution in [0.2, 0.25) is 0 Å². The maximum atomic E-state index is 12.3. The van der Waals surface area contributed by atoms with Gasteiger partial charge in [-0.2, -0.15) is 0 Å². The average Bonchev–Trinajstić information content (AvgIpc) is 3.07. The van der Waals surface area contributed by atoms with Crippen molar-refractivity contribution < 1.29 is 23.7 Å². The van der Waals surface area contributed by atoms with Gasteiger partial charge in [-0.3, -0.25) is 0 Å². The fourth-order valence-electron chi connectivity index (χ4n) is 3.03. The number of ether oxygens (including phenoxy) is 4. The van der Waals surface area contributed by atoms with Gasteiger partial charge >= 0.3 is 5.97 Å². The fraction of sp³-hybridized carbons (Fsp3) is 0.261. The monoisotopic (exact) mass is 380 g/mol. The molecule has 2 aromatic carbocycles. The van der Waals surface area contributed by atoms with E-state index in [0.29, 0.717) is 34.5 Å². The van der Waals surface area contributed by atoms with Crippen molar-refractivity contribution in [3.63, 3.8) is 0 Å². The topological polar surface area (TPSA) is 54.0 Å². The van der Waals surface area contributed by atoms with Crippen LogP contribution in [0, 0.1) is 0 Å². The van der Waals surface area contributed by atoms with Gasteiger partial charge in [0.2, 0.25) is 5.75 Å². The van der Waals surface area contributed by atoms with E-state index in [4.69, 9.17) is 18.9 Å². The summed E-state index contributed by atoms with van der Waals surface area (Å²) >= 11 is 0. The first-order chi connectivity index (χ1) is 13.5. The zero-order valence-corrected chi connectivity index (χ0v) is 16.7. The third-order valence-electron chi connectivity index (χ3n) is 4.60. The minimum atomic E-state index is -0.392. The summed E-state index contributed by atoms with van der Waals surface area (Å²) in [6, 6.07) is 11.6. The van der Waals surface area contributed by atoms with Crippen LogP contribution >= 0.6 is 0 Å². The molecule has 2 aromatic rings. The highest BCUT2D eigenvalue weighted by Gasteiger charge is 2.22. The highest BCUT2D eigenvalue weighted by Crippen LogP contribution is 2.39. The maximum Gasteiger partial charge on any atom is 0.343 e. The number of rotatable bonds is 6. The molecular weight excluding hydrogens is 356 g/mol. The summed E-state index contributed by atoms with van der Waals surface area (Å²) in [5, 5.41) is 0. The summed E-state index contributed by atoms with van der Waals surface area (Å²) in [6.45, 7) is 4.28. The molecule has 0 bridgehead atoms. The Morgan fingerprint density at radius 2 is 1.54 bits per heavy atom. The molecule has 0 saturated heterocycles. The van der Waals surface area contributed by atoms with E-state index >= 15 is 0 Å². The van der Waals surface area contributed by atoms with Crippen molar-refractivity contribution >= 4 is 17.8 Å². The Balaban J connectivity index is 1.95. The summed E-state index contributed by atoms with van der Waals surface area (Å²) < 4.78 is 21.5. The van der Waals surface area contributed by atoms with E-state index in [2.05, 4.69) is 26.0 Å². The molecule has 3 rings (SSSR count). The molecule has 28 heavy (non-hydrogen) atoms. The summed E-state index contributed by atoms with van der Waals surface area (Å²) in [5.41, 5.74) is 3.30. The van der Waals surface area contributed by atoms with Crippen molar-refractivity contribution in [1.29, 1.82) is 0 Å². The van der Waals surface area contributed by atoms with E-state index in [1.54, 1.807) is 45.6 Å². The first-order valence-corrected chi connectivity index (χ1v) is 9.02. The predicted molar refractivity (Wildman–Crippen MR) is 109 cm³/mol. The largest absolute Gasteiger partial charge is 0.493 e. The highest BCUT2D eigenvalue weighted by molar-refractivity contribution is 6.05. The average molecular weight is 380 g/mol. The smallest absolute Gasteiger partial charge is 0.343 e. The van der Waals surface area contributed by atoms with E-state index in [-0.39, 0.29) is 0 Å². The Hall–Kier alpha value is -3.21. The molecule has 0 aliphatic carbocycles. The number of carbonyl (C=O) groups excluding carboxylic acids is 1. The molecule has 0 fully saturated rings. The van der Waals surface area contributed by atoms with Gasteiger partial charge in [0.25, 0.3) is 0 Å².